The van der Waals surface area contributed by atoms with E-state index in [1.54, 1.807) is 24.4 Å². The molecule has 2 heterocycles. The number of nitrogens with one attached hydrogen (secondary N) is 1. The molecule has 0 aliphatic heterocycles. The third-order valence-corrected chi connectivity index (χ3v) is 3.75. The summed E-state index contributed by atoms with van der Waals surface area (Å²) >= 11 is 4.46. The van der Waals surface area contributed by atoms with Crippen LogP contribution in [0.4, 0.5) is 5.13 Å². The van der Waals surface area contributed by atoms with Crippen molar-refractivity contribution in [3.05, 3.63) is 58.7 Å². The van der Waals surface area contributed by atoms with E-state index in [0.717, 1.165) is 16.0 Å². The first-order chi connectivity index (χ1) is 10.2. The predicted molar refractivity (Wildman–Crippen MR) is 85.2 cm³/mol. The Morgan fingerprint density at radius 3 is 2.86 bits per heavy atom. The smallest absolute Gasteiger partial charge is 0.257 e. The van der Waals surface area contributed by atoms with Gasteiger partial charge < -0.3 is 0 Å². The van der Waals surface area contributed by atoms with Gasteiger partial charge in [-0.1, -0.05) is 28.1 Å². The standard InChI is InChI=1S/C14H9BrN4OS/c15-10-5-3-4-9(8-10)13(20)18-14-17-12(19-21-14)11-6-1-2-7-16-11/h1-8H,(H,17,18,19,20). The van der Waals surface area contributed by atoms with Gasteiger partial charge in [0.05, 0.1) is 0 Å². The second-order valence-corrected chi connectivity index (χ2v) is 5.77. The zero-order chi connectivity index (χ0) is 14.7. The van der Waals surface area contributed by atoms with Crippen LogP contribution in [-0.4, -0.2) is 20.2 Å². The summed E-state index contributed by atoms with van der Waals surface area (Å²) in [4.78, 5) is 20.5. The maximum atomic E-state index is 12.1. The molecule has 1 aromatic carbocycles. The van der Waals surface area contributed by atoms with E-state index < -0.39 is 0 Å². The normalized spacial score (nSPS) is 10.3. The van der Waals surface area contributed by atoms with Gasteiger partial charge in [0.2, 0.25) is 5.13 Å². The van der Waals surface area contributed by atoms with Crippen LogP contribution in [0.3, 0.4) is 0 Å². The van der Waals surface area contributed by atoms with Gasteiger partial charge in [0.25, 0.3) is 5.91 Å². The van der Waals surface area contributed by atoms with E-state index >= 15 is 0 Å². The summed E-state index contributed by atoms with van der Waals surface area (Å²) in [6.45, 7) is 0. The van der Waals surface area contributed by atoms with Gasteiger partial charge in [0, 0.05) is 27.8 Å². The van der Waals surface area contributed by atoms with Crippen LogP contribution >= 0.6 is 27.5 Å². The largest absolute Gasteiger partial charge is 0.297 e. The van der Waals surface area contributed by atoms with Crippen molar-refractivity contribution in [1.29, 1.82) is 0 Å². The quantitative estimate of drug-likeness (QED) is 0.774. The molecule has 7 heteroatoms. The second kappa shape index (κ2) is 6.11. The van der Waals surface area contributed by atoms with Gasteiger partial charge in [-0.25, -0.2) is 0 Å². The highest BCUT2D eigenvalue weighted by molar-refractivity contribution is 9.10. The minimum atomic E-state index is -0.222. The van der Waals surface area contributed by atoms with Crippen molar-refractivity contribution in [1.82, 2.24) is 14.3 Å². The Kier molecular flexibility index (Phi) is 4.03. The van der Waals surface area contributed by atoms with Crippen molar-refractivity contribution in [3.63, 3.8) is 0 Å². The number of pyridine rings is 1. The first-order valence-corrected chi connectivity index (χ1v) is 7.61. The fraction of sp³-hybridized carbons (Fsp3) is 0. The first-order valence-electron chi connectivity index (χ1n) is 6.04. The van der Waals surface area contributed by atoms with E-state index in [-0.39, 0.29) is 5.91 Å². The molecule has 0 spiro atoms. The van der Waals surface area contributed by atoms with Crippen LogP contribution in [-0.2, 0) is 0 Å². The molecule has 2 aromatic heterocycles. The third kappa shape index (κ3) is 3.32. The molecule has 104 valence electrons. The molecule has 0 bridgehead atoms. The van der Waals surface area contributed by atoms with Crippen molar-refractivity contribution in [3.8, 4) is 11.5 Å². The summed E-state index contributed by atoms with van der Waals surface area (Å²) in [5.74, 6) is 0.283. The van der Waals surface area contributed by atoms with Crippen molar-refractivity contribution in [2.75, 3.05) is 5.32 Å². The minimum absolute atomic E-state index is 0.222. The molecule has 0 aliphatic rings. The summed E-state index contributed by atoms with van der Waals surface area (Å²) in [5, 5.41) is 3.18. The van der Waals surface area contributed by atoms with Crippen LogP contribution in [0.2, 0.25) is 0 Å². The summed E-state index contributed by atoms with van der Waals surface area (Å²) in [6, 6.07) is 12.7. The topological polar surface area (TPSA) is 67.8 Å². The molecule has 0 atom stereocenters. The molecule has 0 saturated heterocycles. The van der Waals surface area contributed by atoms with Crippen molar-refractivity contribution < 1.29 is 4.79 Å². The minimum Gasteiger partial charge on any atom is -0.297 e. The Morgan fingerprint density at radius 1 is 1.19 bits per heavy atom. The van der Waals surface area contributed by atoms with Gasteiger partial charge in [-0.3, -0.25) is 15.1 Å². The number of carbonyl (C=O) groups excluding carboxylic acids is 1. The zero-order valence-corrected chi connectivity index (χ0v) is 13.1. The van der Waals surface area contributed by atoms with Gasteiger partial charge in [0.15, 0.2) is 5.82 Å². The second-order valence-electron chi connectivity index (χ2n) is 4.10. The van der Waals surface area contributed by atoms with Gasteiger partial charge in [-0.05, 0) is 30.3 Å². The van der Waals surface area contributed by atoms with E-state index in [1.165, 1.54) is 0 Å². The van der Waals surface area contributed by atoms with Crippen LogP contribution in [0.25, 0.3) is 11.5 Å². The molecule has 1 amide bonds. The molecule has 5 nitrogen and oxygen atoms in total. The van der Waals surface area contributed by atoms with Crippen LogP contribution < -0.4 is 5.32 Å². The first kappa shape index (κ1) is 13.8. The predicted octanol–water partition coefficient (Wildman–Crippen LogP) is 3.61. The van der Waals surface area contributed by atoms with Crippen LogP contribution in [0.5, 0.6) is 0 Å². The SMILES string of the molecule is O=C(Nc1nc(-c2ccccn2)ns1)c1cccc(Br)c1. The summed E-state index contributed by atoms with van der Waals surface area (Å²) in [5.41, 5.74) is 1.23. The number of hydrogen-bond donors (Lipinski definition) is 1. The maximum absolute atomic E-state index is 12.1. The van der Waals surface area contributed by atoms with Crippen LogP contribution in [0.1, 0.15) is 10.4 Å². The molecule has 21 heavy (non-hydrogen) atoms. The molecule has 3 aromatic rings. The average molecular weight is 361 g/mol. The van der Waals surface area contributed by atoms with Crippen molar-refractivity contribution >= 4 is 38.5 Å². The Labute approximate surface area is 133 Å². The number of carbonyl (C=O) groups is 1. The summed E-state index contributed by atoms with van der Waals surface area (Å²) in [6.07, 6.45) is 1.68. The van der Waals surface area contributed by atoms with Gasteiger partial charge in [0.1, 0.15) is 5.69 Å². The van der Waals surface area contributed by atoms with E-state index in [9.17, 15) is 4.79 Å². The fourth-order valence-electron chi connectivity index (χ4n) is 1.67. The molecule has 1 N–H and O–H groups in total. The number of rotatable bonds is 3. The van der Waals surface area contributed by atoms with Gasteiger partial charge >= 0.3 is 0 Å². The highest BCUT2D eigenvalue weighted by atomic mass is 79.9. The molecular weight excluding hydrogens is 352 g/mol. The van der Waals surface area contributed by atoms with Crippen molar-refractivity contribution in [2.45, 2.75) is 0 Å². The summed E-state index contributed by atoms with van der Waals surface area (Å²) < 4.78 is 5.04. The lowest BCUT2D eigenvalue weighted by Gasteiger charge is -2.01. The fourth-order valence-corrected chi connectivity index (χ4v) is 2.64. The molecule has 0 unspecified atom stereocenters. The highest BCUT2D eigenvalue weighted by Crippen LogP contribution is 2.20. The van der Waals surface area contributed by atoms with Crippen LogP contribution in [0, 0.1) is 0 Å². The highest BCUT2D eigenvalue weighted by Gasteiger charge is 2.11. The van der Waals surface area contributed by atoms with E-state index in [1.807, 2.05) is 24.3 Å². The lowest BCUT2D eigenvalue weighted by atomic mass is 10.2. The lowest BCUT2D eigenvalue weighted by Crippen LogP contribution is -2.11. The Hall–Kier alpha value is -2.12. The lowest BCUT2D eigenvalue weighted by molar-refractivity contribution is 0.102. The molecule has 0 aliphatic carbocycles. The number of amides is 1. The summed E-state index contributed by atoms with van der Waals surface area (Å²) in [7, 11) is 0. The number of nitrogens with zero attached hydrogens (tertiary/aromatic N) is 3. The molecule has 0 saturated carbocycles. The number of anilines is 1. The molecule has 3 rings (SSSR count). The number of halogens is 1. The Bertz CT molecular complexity index is 775. The third-order valence-electron chi connectivity index (χ3n) is 2.63. The maximum Gasteiger partial charge on any atom is 0.257 e. The van der Waals surface area contributed by atoms with E-state index in [4.69, 9.17) is 0 Å². The zero-order valence-electron chi connectivity index (χ0n) is 10.7. The monoisotopic (exact) mass is 360 g/mol. The number of aromatic nitrogens is 3. The van der Waals surface area contributed by atoms with E-state index in [0.29, 0.717) is 22.2 Å². The molecular formula is C14H9BrN4OS. The molecule has 0 fully saturated rings. The van der Waals surface area contributed by atoms with E-state index in [2.05, 4.69) is 35.6 Å². The average Bonchev–Trinajstić information content (AvgIpc) is 2.97. The van der Waals surface area contributed by atoms with Crippen molar-refractivity contribution in [2.24, 2.45) is 0 Å². The van der Waals surface area contributed by atoms with Gasteiger partial charge in [-0.15, -0.1) is 0 Å². The molecule has 0 radical (unpaired) electrons. The Morgan fingerprint density at radius 2 is 2.10 bits per heavy atom. The van der Waals surface area contributed by atoms with Gasteiger partial charge in [-0.2, -0.15) is 9.36 Å². The Balaban J connectivity index is 1.77. The number of benzene rings is 1. The van der Waals surface area contributed by atoms with Crippen LogP contribution in [0.15, 0.2) is 53.1 Å². The number of hydrogen-bond acceptors (Lipinski definition) is 5.